The number of carboxylic acid groups (broad SMARTS) is 1. The molecule has 3 aliphatic rings. The zero-order valence-corrected chi connectivity index (χ0v) is 13.4. The summed E-state index contributed by atoms with van der Waals surface area (Å²) in [6.45, 7) is 3.22. The highest BCUT2D eigenvalue weighted by Gasteiger charge is 2.36. The van der Waals surface area contributed by atoms with E-state index in [1.807, 2.05) is 18.2 Å². The first kappa shape index (κ1) is 15.1. The average molecular weight is 324 g/mol. The van der Waals surface area contributed by atoms with Gasteiger partial charge in [-0.25, -0.2) is 4.79 Å². The Labute approximate surface area is 140 Å². The number of primary amides is 1. The van der Waals surface area contributed by atoms with Crippen LogP contribution in [0.5, 0.6) is 0 Å². The van der Waals surface area contributed by atoms with Crippen molar-refractivity contribution in [1.82, 2.24) is 4.90 Å². The number of rotatable bonds is 3. The van der Waals surface area contributed by atoms with Gasteiger partial charge < -0.3 is 15.7 Å². The zero-order valence-electron chi connectivity index (χ0n) is 13.4. The molecule has 5 heteroatoms. The van der Waals surface area contributed by atoms with Crippen LogP contribution in [0.15, 0.2) is 30.3 Å². The van der Waals surface area contributed by atoms with Crippen molar-refractivity contribution in [2.45, 2.75) is 18.8 Å². The molecule has 5 rings (SSSR count). The first-order valence-electron chi connectivity index (χ1n) is 8.37. The second kappa shape index (κ2) is 5.60. The van der Waals surface area contributed by atoms with Gasteiger partial charge in [0, 0.05) is 17.8 Å². The summed E-state index contributed by atoms with van der Waals surface area (Å²) in [5.74, 6) is -0.891. The molecule has 2 aromatic carbocycles. The number of hydrogen-bond acceptors (Lipinski definition) is 3. The van der Waals surface area contributed by atoms with Crippen LogP contribution in [0.3, 0.4) is 0 Å². The number of nitrogens with two attached hydrogens (primary N) is 1. The van der Waals surface area contributed by atoms with Crippen LogP contribution >= 0.6 is 0 Å². The molecule has 3 N–H and O–H groups in total. The number of fused-ring (bicyclic) bond motifs is 4. The van der Waals surface area contributed by atoms with Gasteiger partial charge in [-0.15, -0.1) is 0 Å². The van der Waals surface area contributed by atoms with E-state index < -0.39 is 11.9 Å². The molecular weight excluding hydrogens is 304 g/mol. The van der Waals surface area contributed by atoms with Gasteiger partial charge in [-0.1, -0.05) is 24.3 Å². The number of amides is 1. The molecule has 1 atom stereocenters. The van der Waals surface area contributed by atoms with Crippen LogP contribution in [0.2, 0.25) is 0 Å². The smallest absolute Gasteiger partial charge is 0.337 e. The minimum Gasteiger partial charge on any atom is -0.478 e. The second-order valence-corrected chi connectivity index (χ2v) is 6.85. The van der Waals surface area contributed by atoms with E-state index in [4.69, 9.17) is 5.73 Å². The lowest BCUT2D eigenvalue weighted by atomic mass is 9.74. The monoisotopic (exact) mass is 324 g/mol. The van der Waals surface area contributed by atoms with Gasteiger partial charge in [-0.05, 0) is 48.9 Å². The molecule has 2 aromatic rings. The van der Waals surface area contributed by atoms with E-state index in [9.17, 15) is 14.7 Å². The first-order chi connectivity index (χ1) is 11.6. The number of piperidine rings is 3. The maximum Gasteiger partial charge on any atom is 0.337 e. The molecule has 5 nitrogen and oxygen atoms in total. The summed E-state index contributed by atoms with van der Waals surface area (Å²) >= 11 is 0. The van der Waals surface area contributed by atoms with Crippen molar-refractivity contribution < 1.29 is 14.7 Å². The molecule has 0 aromatic heterocycles. The van der Waals surface area contributed by atoms with Crippen LogP contribution in [0.1, 0.15) is 45.0 Å². The molecule has 0 aliphatic carbocycles. The summed E-state index contributed by atoms with van der Waals surface area (Å²) < 4.78 is 0. The van der Waals surface area contributed by atoms with Gasteiger partial charge in [0.15, 0.2) is 0 Å². The SMILES string of the molecule is NC(=O)c1ccc2cccc(C3CN4CCC3CC4)c2c1C(=O)O. The summed E-state index contributed by atoms with van der Waals surface area (Å²) in [5.41, 5.74) is 6.60. The normalized spacial score (nSPS) is 25.8. The number of benzene rings is 2. The zero-order chi connectivity index (χ0) is 16.8. The summed E-state index contributed by atoms with van der Waals surface area (Å²) in [4.78, 5) is 26.1. The van der Waals surface area contributed by atoms with Crippen LogP contribution < -0.4 is 5.73 Å². The van der Waals surface area contributed by atoms with Gasteiger partial charge in [0.25, 0.3) is 0 Å². The van der Waals surface area contributed by atoms with Crippen molar-refractivity contribution in [1.29, 1.82) is 0 Å². The lowest BCUT2D eigenvalue weighted by Gasteiger charge is -2.45. The number of carbonyl (C=O) groups is 2. The molecule has 3 saturated heterocycles. The Balaban J connectivity index is 1.97. The van der Waals surface area contributed by atoms with E-state index in [1.54, 1.807) is 6.07 Å². The molecule has 1 amide bonds. The number of hydrogen-bond donors (Lipinski definition) is 2. The van der Waals surface area contributed by atoms with Crippen LogP contribution in [-0.2, 0) is 0 Å². The third-order valence-corrected chi connectivity index (χ3v) is 5.61. The van der Waals surface area contributed by atoms with E-state index in [1.165, 1.54) is 6.07 Å². The molecule has 0 radical (unpaired) electrons. The van der Waals surface area contributed by atoms with E-state index >= 15 is 0 Å². The molecule has 1 unspecified atom stereocenters. The fraction of sp³-hybridized carbons (Fsp3) is 0.368. The Hall–Kier alpha value is -2.40. The lowest BCUT2D eigenvalue weighted by Crippen LogP contribution is -2.46. The highest BCUT2D eigenvalue weighted by atomic mass is 16.4. The number of nitrogens with zero attached hydrogens (tertiary/aromatic N) is 1. The predicted molar refractivity (Wildman–Crippen MR) is 91.3 cm³/mol. The maximum absolute atomic E-state index is 11.9. The Morgan fingerprint density at radius 2 is 1.88 bits per heavy atom. The average Bonchev–Trinajstić information content (AvgIpc) is 2.60. The van der Waals surface area contributed by atoms with Crippen LogP contribution in [-0.4, -0.2) is 41.5 Å². The highest BCUT2D eigenvalue weighted by molar-refractivity contribution is 6.14. The van der Waals surface area contributed by atoms with E-state index in [0.717, 1.165) is 43.4 Å². The van der Waals surface area contributed by atoms with Crippen molar-refractivity contribution in [3.05, 3.63) is 47.0 Å². The quantitative estimate of drug-likeness (QED) is 0.908. The summed E-state index contributed by atoms with van der Waals surface area (Å²) in [6.07, 6.45) is 2.30. The topological polar surface area (TPSA) is 83.6 Å². The Morgan fingerprint density at radius 1 is 1.12 bits per heavy atom. The third-order valence-electron chi connectivity index (χ3n) is 5.61. The number of carbonyl (C=O) groups excluding carboxylic acids is 1. The summed E-state index contributed by atoms with van der Waals surface area (Å²) in [5, 5.41) is 11.3. The molecule has 3 fully saturated rings. The van der Waals surface area contributed by atoms with Crippen LogP contribution in [0, 0.1) is 5.92 Å². The fourth-order valence-corrected chi connectivity index (χ4v) is 4.46. The van der Waals surface area contributed by atoms with E-state index in [2.05, 4.69) is 4.90 Å². The summed E-state index contributed by atoms with van der Waals surface area (Å²) in [6, 6.07) is 9.22. The highest BCUT2D eigenvalue weighted by Crippen LogP contribution is 2.42. The lowest BCUT2D eigenvalue weighted by molar-refractivity contribution is 0.0693. The Morgan fingerprint density at radius 3 is 2.46 bits per heavy atom. The second-order valence-electron chi connectivity index (χ2n) is 6.85. The van der Waals surface area contributed by atoms with Gasteiger partial charge in [-0.2, -0.15) is 0 Å². The molecular formula is C19H20N2O3. The Bertz CT molecular complexity index is 838. The fourth-order valence-electron chi connectivity index (χ4n) is 4.46. The van der Waals surface area contributed by atoms with Crippen molar-refractivity contribution in [3.63, 3.8) is 0 Å². The Kier molecular flexibility index (Phi) is 3.53. The van der Waals surface area contributed by atoms with Crippen molar-refractivity contribution in [2.24, 2.45) is 11.7 Å². The molecule has 2 bridgehead atoms. The van der Waals surface area contributed by atoms with Gasteiger partial charge >= 0.3 is 5.97 Å². The molecule has 3 heterocycles. The predicted octanol–water partition coefficient (Wildman–Crippen LogP) is 2.45. The first-order valence-corrected chi connectivity index (χ1v) is 8.37. The molecule has 124 valence electrons. The van der Waals surface area contributed by atoms with Gasteiger partial charge in [0.05, 0.1) is 11.1 Å². The standard InChI is InChI=1S/C19H20N2O3/c20-18(22)14-5-4-12-2-1-3-13(16(12)17(14)19(23)24)15-10-21-8-6-11(15)7-9-21/h1-5,11,15H,6-10H2,(H2,20,22)(H,23,24). The van der Waals surface area contributed by atoms with E-state index in [0.29, 0.717) is 17.2 Å². The van der Waals surface area contributed by atoms with Gasteiger partial charge in [0.1, 0.15) is 0 Å². The van der Waals surface area contributed by atoms with Crippen molar-refractivity contribution in [2.75, 3.05) is 19.6 Å². The van der Waals surface area contributed by atoms with Crippen LogP contribution in [0.25, 0.3) is 10.8 Å². The van der Waals surface area contributed by atoms with Crippen molar-refractivity contribution in [3.8, 4) is 0 Å². The largest absolute Gasteiger partial charge is 0.478 e. The molecule has 0 saturated carbocycles. The van der Waals surface area contributed by atoms with Crippen molar-refractivity contribution >= 4 is 22.6 Å². The van der Waals surface area contributed by atoms with Crippen LogP contribution in [0.4, 0.5) is 0 Å². The minimum atomic E-state index is -1.09. The van der Waals surface area contributed by atoms with Gasteiger partial charge in [-0.3, -0.25) is 4.79 Å². The van der Waals surface area contributed by atoms with E-state index in [-0.39, 0.29) is 11.1 Å². The maximum atomic E-state index is 11.9. The minimum absolute atomic E-state index is 0.0482. The number of carboxylic acids is 1. The molecule has 3 aliphatic heterocycles. The molecule has 24 heavy (non-hydrogen) atoms. The van der Waals surface area contributed by atoms with Gasteiger partial charge in [0.2, 0.25) is 5.91 Å². The number of aromatic carboxylic acids is 1. The third kappa shape index (κ3) is 2.27. The summed E-state index contributed by atoms with van der Waals surface area (Å²) in [7, 11) is 0. The molecule has 0 spiro atoms.